The van der Waals surface area contributed by atoms with Gasteiger partial charge in [-0.05, 0) is 13.8 Å². The van der Waals surface area contributed by atoms with Crippen LogP contribution in [0.25, 0.3) is 0 Å². The van der Waals surface area contributed by atoms with Crippen LogP contribution in [0.5, 0.6) is 0 Å². The van der Waals surface area contributed by atoms with Crippen molar-refractivity contribution in [3.05, 3.63) is 12.2 Å². The van der Waals surface area contributed by atoms with E-state index in [1.165, 1.54) is 0 Å². The summed E-state index contributed by atoms with van der Waals surface area (Å²) in [6.07, 6.45) is 4.34. The maximum Gasteiger partial charge on any atom is 0.271 e. The van der Waals surface area contributed by atoms with Gasteiger partial charge in [0.05, 0.1) is 12.2 Å². The molecule has 19 heavy (non-hydrogen) atoms. The largest absolute Gasteiger partial charge is 0.333 e. The van der Waals surface area contributed by atoms with Gasteiger partial charge < -0.3 is 28.4 Å². The van der Waals surface area contributed by atoms with E-state index >= 15 is 0 Å². The van der Waals surface area contributed by atoms with Gasteiger partial charge >= 0.3 is 0 Å². The zero-order chi connectivity index (χ0) is 14.1. The van der Waals surface area contributed by atoms with Gasteiger partial charge in [0.1, 0.15) is 0 Å². The summed E-state index contributed by atoms with van der Waals surface area (Å²) >= 11 is 0. The van der Waals surface area contributed by atoms with Gasteiger partial charge in [-0.25, -0.2) is 0 Å². The lowest BCUT2D eigenvalue weighted by Gasteiger charge is -2.22. The molecular weight excluding hydrogens is 252 g/mol. The Morgan fingerprint density at radius 1 is 0.895 bits per heavy atom. The van der Waals surface area contributed by atoms with E-state index in [4.69, 9.17) is 28.4 Å². The molecule has 0 saturated carbocycles. The van der Waals surface area contributed by atoms with Gasteiger partial charge in [0, 0.05) is 33.9 Å². The molecule has 0 aromatic carbocycles. The van der Waals surface area contributed by atoms with E-state index in [-0.39, 0.29) is 12.2 Å². The van der Waals surface area contributed by atoms with E-state index in [0.717, 1.165) is 0 Å². The lowest BCUT2D eigenvalue weighted by atomic mass is 10.3. The minimum Gasteiger partial charge on any atom is -0.333 e. The Morgan fingerprint density at radius 2 is 1.32 bits per heavy atom. The fraction of sp³-hybridized carbons (Fsp3) is 0.846. The first-order chi connectivity index (χ1) is 9.23. The van der Waals surface area contributed by atoms with Gasteiger partial charge in [-0.3, -0.25) is 0 Å². The Labute approximate surface area is 114 Å². The normalized spacial score (nSPS) is 25.7. The van der Waals surface area contributed by atoms with Crippen molar-refractivity contribution in [1.29, 1.82) is 0 Å². The first kappa shape index (κ1) is 16.6. The molecule has 0 amide bonds. The summed E-state index contributed by atoms with van der Waals surface area (Å²) in [4.78, 5) is 0. The molecule has 1 aliphatic rings. The summed E-state index contributed by atoms with van der Waals surface area (Å²) in [5.74, 6) is 0. The van der Waals surface area contributed by atoms with Gasteiger partial charge in [-0.2, -0.15) is 0 Å². The van der Waals surface area contributed by atoms with Crippen molar-refractivity contribution in [3.63, 3.8) is 0 Å². The average molecular weight is 276 g/mol. The second-order valence-corrected chi connectivity index (χ2v) is 3.93. The highest BCUT2D eigenvalue weighted by Gasteiger charge is 2.25. The number of rotatable bonds is 10. The zero-order valence-corrected chi connectivity index (χ0v) is 12.0. The summed E-state index contributed by atoms with van der Waals surface area (Å²) in [5, 5.41) is 0. The van der Waals surface area contributed by atoms with Crippen LogP contribution in [-0.2, 0) is 28.4 Å². The number of hydrogen-bond acceptors (Lipinski definition) is 6. The van der Waals surface area contributed by atoms with Crippen molar-refractivity contribution in [2.45, 2.75) is 45.4 Å². The first-order valence-electron chi connectivity index (χ1n) is 6.51. The highest BCUT2D eigenvalue weighted by molar-refractivity contribution is 5.04. The minimum absolute atomic E-state index is 0.0966. The molecule has 6 nitrogen and oxygen atoms in total. The molecule has 2 unspecified atom stereocenters. The standard InChI is InChI=1S/C13H24O6/c1-5-16-12(14-3)18-10-7-8-11(9-10)19-13(15-4)17-6-2/h7-8,10-13H,5-6,9H2,1-4H3/t10-,11+,12?,13?. The Hall–Kier alpha value is -0.500. The molecule has 0 saturated heterocycles. The summed E-state index contributed by atoms with van der Waals surface area (Å²) < 4.78 is 31.9. The van der Waals surface area contributed by atoms with Crippen LogP contribution < -0.4 is 0 Å². The van der Waals surface area contributed by atoms with E-state index < -0.39 is 13.0 Å². The average Bonchev–Trinajstić information content (AvgIpc) is 2.85. The molecular formula is C13H24O6. The van der Waals surface area contributed by atoms with E-state index in [9.17, 15) is 0 Å². The summed E-state index contributed by atoms with van der Waals surface area (Å²) in [6, 6.07) is 0. The monoisotopic (exact) mass is 276 g/mol. The minimum atomic E-state index is -0.650. The molecule has 6 heteroatoms. The van der Waals surface area contributed by atoms with Crippen molar-refractivity contribution in [3.8, 4) is 0 Å². The molecule has 0 aromatic rings. The Balaban J connectivity index is 2.31. The third kappa shape index (κ3) is 5.99. The molecule has 0 bridgehead atoms. The smallest absolute Gasteiger partial charge is 0.271 e. The summed E-state index contributed by atoms with van der Waals surface area (Å²) in [6.45, 7) is 3.54. The molecule has 0 spiro atoms. The Bertz CT molecular complexity index is 234. The molecule has 112 valence electrons. The maximum atomic E-state index is 5.61. The topological polar surface area (TPSA) is 55.4 Å². The zero-order valence-electron chi connectivity index (χ0n) is 12.0. The van der Waals surface area contributed by atoms with Gasteiger partial charge in [0.25, 0.3) is 13.0 Å². The number of ether oxygens (including phenoxy) is 6. The second kappa shape index (κ2) is 9.41. The highest BCUT2D eigenvalue weighted by Crippen LogP contribution is 2.20. The summed E-state index contributed by atoms with van der Waals surface area (Å²) in [5.41, 5.74) is 0. The van der Waals surface area contributed by atoms with Gasteiger partial charge in [0.2, 0.25) is 0 Å². The van der Waals surface area contributed by atoms with Gasteiger partial charge in [-0.15, -0.1) is 0 Å². The van der Waals surface area contributed by atoms with Gasteiger partial charge in [0.15, 0.2) is 0 Å². The predicted molar refractivity (Wildman–Crippen MR) is 68.3 cm³/mol. The molecule has 0 radical (unpaired) electrons. The first-order valence-corrected chi connectivity index (χ1v) is 6.51. The molecule has 1 aliphatic carbocycles. The van der Waals surface area contributed by atoms with Crippen LogP contribution in [0.4, 0.5) is 0 Å². The van der Waals surface area contributed by atoms with E-state index in [2.05, 4.69) is 0 Å². The molecule has 0 aliphatic heterocycles. The van der Waals surface area contributed by atoms with Crippen molar-refractivity contribution in [2.24, 2.45) is 0 Å². The lowest BCUT2D eigenvalue weighted by Crippen LogP contribution is -2.28. The third-order valence-electron chi connectivity index (χ3n) is 2.57. The summed E-state index contributed by atoms with van der Waals surface area (Å²) in [7, 11) is 3.09. The van der Waals surface area contributed by atoms with Crippen molar-refractivity contribution >= 4 is 0 Å². The van der Waals surface area contributed by atoms with Crippen LogP contribution in [0.1, 0.15) is 20.3 Å². The Morgan fingerprint density at radius 3 is 1.63 bits per heavy atom. The van der Waals surface area contributed by atoms with Crippen LogP contribution in [0.2, 0.25) is 0 Å². The SMILES string of the molecule is CCOC(OC)O[C@@H]1C=C[C@H](OC(OC)OCC)C1. The maximum absolute atomic E-state index is 5.61. The molecule has 4 atom stereocenters. The van der Waals surface area contributed by atoms with Crippen molar-refractivity contribution < 1.29 is 28.4 Å². The fourth-order valence-electron chi connectivity index (χ4n) is 1.72. The molecule has 0 heterocycles. The van der Waals surface area contributed by atoms with E-state index in [1.807, 2.05) is 26.0 Å². The molecule has 0 aromatic heterocycles. The quantitative estimate of drug-likeness (QED) is 0.447. The van der Waals surface area contributed by atoms with Crippen molar-refractivity contribution in [2.75, 3.05) is 27.4 Å². The molecule has 1 rings (SSSR count). The lowest BCUT2D eigenvalue weighted by molar-refractivity contribution is -0.299. The highest BCUT2D eigenvalue weighted by atomic mass is 16.9. The van der Waals surface area contributed by atoms with E-state index in [1.54, 1.807) is 14.2 Å². The number of methoxy groups -OCH3 is 2. The second-order valence-electron chi connectivity index (χ2n) is 3.93. The van der Waals surface area contributed by atoms with Crippen LogP contribution in [0, 0.1) is 0 Å². The van der Waals surface area contributed by atoms with Crippen LogP contribution in [-0.4, -0.2) is 52.6 Å². The van der Waals surface area contributed by atoms with Crippen LogP contribution >= 0.6 is 0 Å². The molecule has 0 N–H and O–H groups in total. The predicted octanol–water partition coefficient (Wildman–Crippen LogP) is 1.65. The molecule has 0 fully saturated rings. The fourth-order valence-corrected chi connectivity index (χ4v) is 1.72. The third-order valence-corrected chi connectivity index (χ3v) is 2.57. The van der Waals surface area contributed by atoms with Crippen molar-refractivity contribution in [1.82, 2.24) is 0 Å². The van der Waals surface area contributed by atoms with Crippen LogP contribution in [0.3, 0.4) is 0 Å². The number of hydrogen-bond donors (Lipinski definition) is 0. The van der Waals surface area contributed by atoms with Crippen LogP contribution in [0.15, 0.2) is 12.2 Å². The van der Waals surface area contributed by atoms with E-state index in [0.29, 0.717) is 19.6 Å². The van der Waals surface area contributed by atoms with Gasteiger partial charge in [-0.1, -0.05) is 12.2 Å². The Kier molecular flexibility index (Phi) is 8.20.